The topological polar surface area (TPSA) is 79.1 Å². The van der Waals surface area contributed by atoms with Gasteiger partial charge < -0.3 is 15.1 Å². The van der Waals surface area contributed by atoms with Crippen LogP contribution in [0.4, 0.5) is 0 Å². The van der Waals surface area contributed by atoms with Crippen LogP contribution in [0.25, 0.3) is 0 Å². The molecule has 0 radical (unpaired) electrons. The van der Waals surface area contributed by atoms with E-state index in [0.29, 0.717) is 5.56 Å². The predicted molar refractivity (Wildman–Crippen MR) is 48.8 cm³/mol. The molecular weight excluding hydrogens is 186 g/mol. The van der Waals surface area contributed by atoms with Gasteiger partial charge in [-0.15, -0.1) is 0 Å². The van der Waals surface area contributed by atoms with E-state index in [1.165, 1.54) is 25.3 Å². The number of ether oxygens (including phenoxy) is 1. The number of methoxy groups -OCH3 is 1. The van der Waals surface area contributed by atoms with E-state index in [0.717, 1.165) is 6.21 Å². The van der Waals surface area contributed by atoms with Crippen molar-refractivity contribution in [1.29, 1.82) is 0 Å². The molecular formula is C9H9NO4. The van der Waals surface area contributed by atoms with Crippen LogP contribution in [-0.4, -0.2) is 29.6 Å². The lowest BCUT2D eigenvalue weighted by atomic mass is 10.1. The number of phenolic OH excluding ortho intramolecular Hbond substituents is 1. The van der Waals surface area contributed by atoms with Crippen molar-refractivity contribution in [3.63, 3.8) is 0 Å². The van der Waals surface area contributed by atoms with Gasteiger partial charge in [0, 0.05) is 0 Å². The van der Waals surface area contributed by atoms with Crippen LogP contribution in [0.1, 0.15) is 15.9 Å². The average molecular weight is 195 g/mol. The first-order valence-corrected chi connectivity index (χ1v) is 3.78. The third kappa shape index (κ3) is 2.01. The van der Waals surface area contributed by atoms with E-state index in [-0.39, 0.29) is 11.3 Å². The molecule has 0 aliphatic heterocycles. The van der Waals surface area contributed by atoms with Gasteiger partial charge in [0.25, 0.3) is 0 Å². The Balaban J connectivity index is 3.14. The number of hydrogen-bond donors (Lipinski definition) is 2. The van der Waals surface area contributed by atoms with Gasteiger partial charge in [-0.1, -0.05) is 5.16 Å². The minimum absolute atomic E-state index is 0.0323. The number of carbonyl (C=O) groups excluding carboxylic acids is 1. The van der Waals surface area contributed by atoms with Crippen LogP contribution in [0.2, 0.25) is 0 Å². The smallest absolute Gasteiger partial charge is 0.341 e. The second kappa shape index (κ2) is 4.27. The molecule has 5 nitrogen and oxygen atoms in total. The summed E-state index contributed by atoms with van der Waals surface area (Å²) in [4.78, 5) is 11.1. The largest absolute Gasteiger partial charge is 0.507 e. The van der Waals surface area contributed by atoms with E-state index in [1.807, 2.05) is 0 Å². The molecule has 5 heteroatoms. The first-order chi connectivity index (χ1) is 6.69. The zero-order valence-electron chi connectivity index (χ0n) is 7.47. The summed E-state index contributed by atoms with van der Waals surface area (Å²) in [5.74, 6) is -0.817. The lowest BCUT2D eigenvalue weighted by Gasteiger charge is -2.02. The number of esters is 1. The van der Waals surface area contributed by atoms with Gasteiger partial charge in [0.2, 0.25) is 0 Å². The summed E-state index contributed by atoms with van der Waals surface area (Å²) in [6.07, 6.45) is 1.14. The predicted octanol–water partition coefficient (Wildman–Crippen LogP) is 0.987. The lowest BCUT2D eigenvalue weighted by Crippen LogP contribution is -2.02. The van der Waals surface area contributed by atoms with Crippen molar-refractivity contribution in [2.45, 2.75) is 0 Å². The van der Waals surface area contributed by atoms with Crippen LogP contribution < -0.4 is 0 Å². The summed E-state index contributed by atoms with van der Waals surface area (Å²) < 4.78 is 4.44. The molecule has 0 atom stereocenters. The summed E-state index contributed by atoms with van der Waals surface area (Å²) in [5, 5.41) is 20.4. The molecule has 2 N–H and O–H groups in total. The Labute approximate surface area is 80.2 Å². The summed E-state index contributed by atoms with van der Waals surface area (Å²) >= 11 is 0. The Bertz CT molecular complexity index is 373. The first-order valence-electron chi connectivity index (χ1n) is 3.78. The van der Waals surface area contributed by atoms with Crippen molar-refractivity contribution in [1.82, 2.24) is 0 Å². The molecule has 0 aliphatic carbocycles. The zero-order valence-corrected chi connectivity index (χ0v) is 7.47. The summed E-state index contributed by atoms with van der Waals surface area (Å²) in [6.45, 7) is 0. The normalized spacial score (nSPS) is 10.4. The van der Waals surface area contributed by atoms with Crippen molar-refractivity contribution in [3.05, 3.63) is 29.3 Å². The molecule has 1 rings (SSSR count). The highest BCUT2D eigenvalue weighted by molar-refractivity contribution is 5.94. The molecule has 74 valence electrons. The van der Waals surface area contributed by atoms with E-state index < -0.39 is 5.97 Å². The fraction of sp³-hybridized carbons (Fsp3) is 0.111. The SMILES string of the molecule is COC(=O)c1cc(/C=N/O)ccc1O. The van der Waals surface area contributed by atoms with Crippen molar-refractivity contribution in [2.24, 2.45) is 5.16 Å². The Kier molecular flexibility index (Phi) is 3.06. The Morgan fingerprint density at radius 3 is 2.86 bits per heavy atom. The minimum atomic E-state index is -0.643. The third-order valence-electron chi connectivity index (χ3n) is 1.63. The molecule has 0 saturated heterocycles. The summed E-state index contributed by atoms with van der Waals surface area (Å²) in [7, 11) is 1.22. The van der Waals surface area contributed by atoms with Gasteiger partial charge in [-0.3, -0.25) is 0 Å². The van der Waals surface area contributed by atoms with Crippen LogP contribution in [0.3, 0.4) is 0 Å². The number of hydrogen-bond acceptors (Lipinski definition) is 5. The number of phenols is 1. The second-order valence-corrected chi connectivity index (χ2v) is 2.51. The standard InChI is InChI=1S/C9H9NO4/c1-14-9(12)7-4-6(5-10-13)2-3-8(7)11/h2-5,11,13H,1H3/b10-5+. The summed E-state index contributed by atoms with van der Waals surface area (Å²) in [6, 6.07) is 4.19. The maximum atomic E-state index is 11.1. The molecule has 0 spiro atoms. The molecule has 1 aromatic rings. The van der Waals surface area contributed by atoms with Crippen molar-refractivity contribution in [3.8, 4) is 5.75 Å². The second-order valence-electron chi connectivity index (χ2n) is 2.51. The van der Waals surface area contributed by atoms with Crippen LogP contribution >= 0.6 is 0 Å². The first kappa shape index (κ1) is 10.0. The highest BCUT2D eigenvalue weighted by atomic mass is 16.5. The highest BCUT2D eigenvalue weighted by Crippen LogP contribution is 2.18. The molecule has 1 aromatic carbocycles. The molecule has 0 aromatic heterocycles. The number of oxime groups is 1. The van der Waals surface area contributed by atoms with Crippen LogP contribution in [0, 0.1) is 0 Å². The average Bonchev–Trinajstić information content (AvgIpc) is 2.20. The molecule has 0 heterocycles. The minimum Gasteiger partial charge on any atom is -0.507 e. The molecule has 0 bridgehead atoms. The molecule has 0 amide bonds. The highest BCUT2D eigenvalue weighted by Gasteiger charge is 2.11. The van der Waals surface area contributed by atoms with Crippen molar-refractivity contribution in [2.75, 3.05) is 7.11 Å². The number of nitrogens with zero attached hydrogens (tertiary/aromatic N) is 1. The van der Waals surface area contributed by atoms with E-state index in [2.05, 4.69) is 9.89 Å². The van der Waals surface area contributed by atoms with Crippen LogP contribution in [0.5, 0.6) is 5.75 Å². The molecule has 0 saturated carbocycles. The van der Waals surface area contributed by atoms with Crippen LogP contribution in [-0.2, 0) is 4.74 Å². The molecule has 0 fully saturated rings. The van der Waals surface area contributed by atoms with Gasteiger partial charge in [0.05, 0.1) is 13.3 Å². The molecule has 14 heavy (non-hydrogen) atoms. The number of aromatic hydroxyl groups is 1. The Morgan fingerprint density at radius 1 is 1.57 bits per heavy atom. The number of rotatable bonds is 2. The third-order valence-corrected chi connectivity index (χ3v) is 1.63. The van der Waals surface area contributed by atoms with Crippen molar-refractivity contribution < 1.29 is 19.8 Å². The van der Waals surface area contributed by atoms with Gasteiger partial charge in [-0.25, -0.2) is 4.79 Å². The van der Waals surface area contributed by atoms with Gasteiger partial charge in [0.1, 0.15) is 11.3 Å². The Hall–Kier alpha value is -2.04. The van der Waals surface area contributed by atoms with E-state index in [1.54, 1.807) is 0 Å². The van der Waals surface area contributed by atoms with Crippen molar-refractivity contribution >= 4 is 12.2 Å². The van der Waals surface area contributed by atoms with E-state index >= 15 is 0 Å². The fourth-order valence-corrected chi connectivity index (χ4v) is 0.974. The maximum absolute atomic E-state index is 11.1. The summed E-state index contributed by atoms with van der Waals surface area (Å²) in [5.41, 5.74) is 0.524. The van der Waals surface area contributed by atoms with E-state index in [4.69, 9.17) is 5.21 Å². The van der Waals surface area contributed by atoms with Gasteiger partial charge in [-0.05, 0) is 23.8 Å². The quantitative estimate of drug-likeness (QED) is 0.319. The van der Waals surface area contributed by atoms with Crippen LogP contribution in [0.15, 0.2) is 23.4 Å². The lowest BCUT2D eigenvalue weighted by molar-refractivity contribution is 0.0597. The maximum Gasteiger partial charge on any atom is 0.341 e. The molecule has 0 unspecified atom stereocenters. The van der Waals surface area contributed by atoms with Gasteiger partial charge in [0.15, 0.2) is 0 Å². The number of benzene rings is 1. The molecule has 0 aliphatic rings. The van der Waals surface area contributed by atoms with Gasteiger partial charge >= 0.3 is 5.97 Å². The Morgan fingerprint density at radius 2 is 2.29 bits per heavy atom. The number of carbonyl (C=O) groups is 1. The van der Waals surface area contributed by atoms with E-state index in [9.17, 15) is 9.90 Å². The monoisotopic (exact) mass is 195 g/mol. The zero-order chi connectivity index (χ0) is 10.6. The van der Waals surface area contributed by atoms with Gasteiger partial charge in [-0.2, -0.15) is 0 Å². The fourth-order valence-electron chi connectivity index (χ4n) is 0.974.